The number of hydrogen-bond donors (Lipinski definition) is 1. The standard InChI is InChI=1S/C22H22Cl2FN3O/c23-15-8-11-20(18(24)12-15)28-21(14-6-9-16(25)10-7-14)13-19(27-28)22(29)26-17-4-2-1-3-5-17/h6-12,17,21H,1-5,13H2,(H,26,29). The first-order valence-electron chi connectivity index (χ1n) is 9.89. The molecule has 4 rings (SSSR count). The van der Waals surface area contributed by atoms with Crippen LogP contribution in [0.5, 0.6) is 0 Å². The van der Waals surface area contributed by atoms with E-state index in [0.29, 0.717) is 27.9 Å². The number of amides is 1. The molecule has 2 aliphatic rings. The Bertz CT molecular complexity index is 926. The fourth-order valence-electron chi connectivity index (χ4n) is 4.00. The van der Waals surface area contributed by atoms with Crippen LogP contribution >= 0.6 is 23.2 Å². The second-order valence-corrected chi connectivity index (χ2v) is 8.41. The molecular formula is C22H22Cl2FN3O. The van der Waals surface area contributed by atoms with Crippen molar-refractivity contribution in [2.75, 3.05) is 5.01 Å². The van der Waals surface area contributed by atoms with Gasteiger partial charge in [-0.3, -0.25) is 9.80 Å². The van der Waals surface area contributed by atoms with Gasteiger partial charge in [0.05, 0.1) is 16.8 Å². The smallest absolute Gasteiger partial charge is 0.267 e. The molecule has 0 saturated heterocycles. The van der Waals surface area contributed by atoms with E-state index in [-0.39, 0.29) is 23.8 Å². The van der Waals surface area contributed by atoms with Crippen molar-refractivity contribution in [2.24, 2.45) is 5.10 Å². The second kappa shape index (κ2) is 8.72. The third-order valence-corrected chi connectivity index (χ3v) is 6.06. The van der Waals surface area contributed by atoms with Crippen molar-refractivity contribution in [1.29, 1.82) is 0 Å². The maximum atomic E-state index is 13.4. The van der Waals surface area contributed by atoms with Crippen molar-refractivity contribution >= 4 is 40.5 Å². The first kappa shape index (κ1) is 20.2. The highest BCUT2D eigenvalue weighted by Crippen LogP contribution is 2.39. The number of hydrogen-bond acceptors (Lipinski definition) is 3. The topological polar surface area (TPSA) is 44.7 Å². The highest BCUT2D eigenvalue weighted by Gasteiger charge is 2.34. The third kappa shape index (κ3) is 4.57. The Morgan fingerprint density at radius 1 is 1.07 bits per heavy atom. The number of carbonyl (C=O) groups excluding carboxylic acids is 1. The first-order valence-corrected chi connectivity index (χ1v) is 10.6. The van der Waals surface area contributed by atoms with Crippen LogP contribution in [0.2, 0.25) is 10.0 Å². The molecule has 0 bridgehead atoms. The molecule has 0 spiro atoms. The zero-order chi connectivity index (χ0) is 20.4. The Balaban J connectivity index is 1.62. The maximum Gasteiger partial charge on any atom is 0.267 e. The van der Waals surface area contributed by atoms with Crippen LogP contribution < -0.4 is 10.3 Å². The summed E-state index contributed by atoms with van der Waals surface area (Å²) in [5.74, 6) is -0.449. The summed E-state index contributed by atoms with van der Waals surface area (Å²) in [5.41, 5.74) is 1.98. The minimum atomic E-state index is -0.306. The van der Waals surface area contributed by atoms with E-state index in [1.807, 2.05) is 0 Å². The lowest BCUT2D eigenvalue weighted by molar-refractivity contribution is -0.115. The molecule has 1 amide bonds. The van der Waals surface area contributed by atoms with E-state index in [1.165, 1.54) is 18.6 Å². The van der Waals surface area contributed by atoms with Crippen molar-refractivity contribution < 1.29 is 9.18 Å². The Labute approximate surface area is 179 Å². The summed E-state index contributed by atoms with van der Waals surface area (Å²) < 4.78 is 13.4. The number of rotatable bonds is 4. The second-order valence-electron chi connectivity index (χ2n) is 7.57. The summed E-state index contributed by atoms with van der Waals surface area (Å²) in [7, 11) is 0. The van der Waals surface area contributed by atoms with Crippen molar-refractivity contribution in [3.05, 3.63) is 63.9 Å². The number of halogens is 3. The van der Waals surface area contributed by atoms with E-state index in [4.69, 9.17) is 23.2 Å². The fraction of sp³-hybridized carbons (Fsp3) is 0.364. The number of nitrogens with one attached hydrogen (secondary N) is 1. The molecule has 1 saturated carbocycles. The molecule has 7 heteroatoms. The summed E-state index contributed by atoms with van der Waals surface area (Å²) in [6.07, 6.45) is 5.94. The van der Waals surface area contributed by atoms with Crippen LogP contribution in [0, 0.1) is 5.82 Å². The van der Waals surface area contributed by atoms with Crippen LogP contribution in [0.4, 0.5) is 10.1 Å². The number of nitrogens with zero attached hydrogens (tertiary/aromatic N) is 2. The Morgan fingerprint density at radius 2 is 1.79 bits per heavy atom. The lowest BCUT2D eigenvalue weighted by atomic mass is 9.95. The molecule has 1 fully saturated rings. The van der Waals surface area contributed by atoms with Gasteiger partial charge in [-0.15, -0.1) is 0 Å². The molecule has 1 aliphatic carbocycles. The molecule has 1 heterocycles. The van der Waals surface area contributed by atoms with Gasteiger partial charge in [-0.25, -0.2) is 4.39 Å². The molecule has 2 aromatic carbocycles. The molecule has 2 aromatic rings. The lowest BCUT2D eigenvalue weighted by Crippen LogP contribution is -2.39. The molecule has 152 valence electrons. The van der Waals surface area contributed by atoms with Gasteiger partial charge >= 0.3 is 0 Å². The Morgan fingerprint density at radius 3 is 2.48 bits per heavy atom. The van der Waals surface area contributed by atoms with Gasteiger partial charge in [0.25, 0.3) is 5.91 Å². The molecule has 0 aromatic heterocycles. The molecule has 1 atom stereocenters. The SMILES string of the molecule is O=C(NC1CCCCC1)C1=NN(c2ccc(Cl)cc2Cl)C(c2ccc(F)cc2)C1. The van der Waals surface area contributed by atoms with Crippen LogP contribution in [0.15, 0.2) is 47.6 Å². The molecule has 1 N–H and O–H groups in total. The summed E-state index contributed by atoms with van der Waals surface area (Å²) in [4.78, 5) is 12.9. The van der Waals surface area contributed by atoms with E-state index in [9.17, 15) is 9.18 Å². The van der Waals surface area contributed by atoms with Gasteiger partial charge in [0.1, 0.15) is 11.5 Å². The molecule has 1 unspecified atom stereocenters. The van der Waals surface area contributed by atoms with Crippen molar-refractivity contribution in [3.63, 3.8) is 0 Å². The monoisotopic (exact) mass is 433 g/mol. The number of hydrazone groups is 1. The van der Waals surface area contributed by atoms with Crippen molar-refractivity contribution in [2.45, 2.75) is 50.6 Å². The van der Waals surface area contributed by atoms with Crippen LogP contribution in [0.3, 0.4) is 0 Å². The van der Waals surface area contributed by atoms with Crippen LogP contribution in [0.1, 0.15) is 50.1 Å². The molecule has 1 aliphatic heterocycles. The minimum Gasteiger partial charge on any atom is -0.348 e. The van der Waals surface area contributed by atoms with Gasteiger partial charge in [-0.2, -0.15) is 5.10 Å². The lowest BCUT2D eigenvalue weighted by Gasteiger charge is -2.25. The average Bonchev–Trinajstić information content (AvgIpc) is 3.14. The van der Waals surface area contributed by atoms with E-state index in [0.717, 1.165) is 31.2 Å². The quantitative estimate of drug-likeness (QED) is 0.652. The fourth-order valence-corrected chi connectivity index (χ4v) is 4.49. The van der Waals surface area contributed by atoms with Crippen LogP contribution in [0.25, 0.3) is 0 Å². The molecule has 0 radical (unpaired) electrons. The summed E-state index contributed by atoms with van der Waals surface area (Å²) in [6, 6.07) is 11.4. The summed E-state index contributed by atoms with van der Waals surface area (Å²) >= 11 is 12.5. The van der Waals surface area contributed by atoms with Gasteiger partial charge < -0.3 is 5.32 Å². The maximum absolute atomic E-state index is 13.4. The van der Waals surface area contributed by atoms with E-state index in [1.54, 1.807) is 35.3 Å². The summed E-state index contributed by atoms with van der Waals surface area (Å²) in [5, 5.41) is 10.4. The zero-order valence-electron chi connectivity index (χ0n) is 15.9. The van der Waals surface area contributed by atoms with Crippen LogP contribution in [-0.4, -0.2) is 17.7 Å². The van der Waals surface area contributed by atoms with Gasteiger partial charge in [0, 0.05) is 17.5 Å². The summed E-state index contributed by atoms with van der Waals surface area (Å²) in [6.45, 7) is 0. The van der Waals surface area contributed by atoms with Gasteiger partial charge in [0.15, 0.2) is 0 Å². The van der Waals surface area contributed by atoms with E-state index >= 15 is 0 Å². The van der Waals surface area contributed by atoms with Crippen molar-refractivity contribution in [3.8, 4) is 0 Å². The van der Waals surface area contributed by atoms with Gasteiger partial charge in [-0.1, -0.05) is 54.6 Å². The highest BCUT2D eigenvalue weighted by molar-refractivity contribution is 6.40. The average molecular weight is 434 g/mol. The Hall–Kier alpha value is -2.11. The third-order valence-electron chi connectivity index (χ3n) is 5.52. The zero-order valence-corrected chi connectivity index (χ0v) is 17.4. The Kier molecular flexibility index (Phi) is 6.07. The van der Waals surface area contributed by atoms with E-state index < -0.39 is 0 Å². The number of anilines is 1. The highest BCUT2D eigenvalue weighted by atomic mass is 35.5. The van der Waals surface area contributed by atoms with E-state index in [2.05, 4.69) is 10.4 Å². The van der Waals surface area contributed by atoms with Gasteiger partial charge in [0.2, 0.25) is 0 Å². The first-order chi connectivity index (χ1) is 14.0. The van der Waals surface area contributed by atoms with Crippen molar-refractivity contribution in [1.82, 2.24) is 5.32 Å². The molecular weight excluding hydrogens is 412 g/mol. The van der Waals surface area contributed by atoms with Gasteiger partial charge in [-0.05, 0) is 48.7 Å². The minimum absolute atomic E-state index is 0.142. The predicted molar refractivity (Wildman–Crippen MR) is 115 cm³/mol. The molecule has 4 nitrogen and oxygen atoms in total. The molecule has 29 heavy (non-hydrogen) atoms. The largest absolute Gasteiger partial charge is 0.348 e. The predicted octanol–water partition coefficient (Wildman–Crippen LogP) is 5.89. The number of carbonyl (C=O) groups is 1. The normalized spacial score (nSPS) is 19.9. The van der Waals surface area contributed by atoms with Crippen LogP contribution in [-0.2, 0) is 4.79 Å². The number of benzene rings is 2.